The predicted octanol–water partition coefficient (Wildman–Crippen LogP) is 25.2. The van der Waals surface area contributed by atoms with E-state index in [-0.39, 0.29) is 31.1 Å². The second-order valence-electron chi connectivity index (χ2n) is 24.5. The maximum Gasteiger partial charge on any atom is 0.306 e. The monoisotopic (exact) mass is 1160 g/mol. The highest BCUT2D eigenvalue weighted by atomic mass is 16.6. The van der Waals surface area contributed by atoms with Gasteiger partial charge in [-0.15, -0.1) is 0 Å². The molecule has 0 aromatic carbocycles. The summed E-state index contributed by atoms with van der Waals surface area (Å²) < 4.78 is 17.0. The van der Waals surface area contributed by atoms with Crippen LogP contribution in [0.15, 0.2) is 72.9 Å². The molecule has 0 N–H and O–H groups in total. The lowest BCUT2D eigenvalue weighted by molar-refractivity contribution is -0.167. The predicted molar refractivity (Wildman–Crippen MR) is 362 cm³/mol. The van der Waals surface area contributed by atoms with Gasteiger partial charge in [0.2, 0.25) is 0 Å². The summed E-state index contributed by atoms with van der Waals surface area (Å²) in [6.45, 7) is 6.58. The zero-order valence-corrected chi connectivity index (χ0v) is 55.5. The third kappa shape index (κ3) is 69.5. The van der Waals surface area contributed by atoms with Crippen LogP contribution in [-0.4, -0.2) is 37.2 Å². The first-order chi connectivity index (χ1) is 41.0. The third-order valence-electron chi connectivity index (χ3n) is 16.2. The second-order valence-corrected chi connectivity index (χ2v) is 24.5. The van der Waals surface area contributed by atoms with Crippen molar-refractivity contribution in [3.63, 3.8) is 0 Å². The van der Waals surface area contributed by atoms with Gasteiger partial charge >= 0.3 is 17.9 Å². The summed E-state index contributed by atoms with van der Waals surface area (Å²) in [5.74, 6) is -0.877. The maximum atomic E-state index is 13.0. The molecule has 0 saturated carbocycles. The van der Waals surface area contributed by atoms with Crippen molar-refractivity contribution in [3.05, 3.63) is 72.9 Å². The summed E-state index contributed by atoms with van der Waals surface area (Å²) in [4.78, 5) is 38.5. The van der Waals surface area contributed by atoms with Crippen LogP contribution in [0.2, 0.25) is 0 Å². The van der Waals surface area contributed by atoms with Crippen LogP contribution >= 0.6 is 0 Å². The summed E-state index contributed by atoms with van der Waals surface area (Å²) >= 11 is 0. The van der Waals surface area contributed by atoms with Crippen LogP contribution in [0.5, 0.6) is 0 Å². The van der Waals surface area contributed by atoms with E-state index in [1.165, 1.54) is 231 Å². The molecule has 1 atom stereocenters. The number of carbonyl (C=O) groups is 3. The first-order valence-electron chi connectivity index (χ1n) is 36.4. The number of unbranched alkanes of at least 4 members (excludes halogenated alkanes) is 44. The Morgan fingerprint density at radius 1 is 0.253 bits per heavy atom. The molecule has 0 fully saturated rings. The first kappa shape index (κ1) is 79.8. The number of carbonyl (C=O) groups excluding carboxylic acids is 3. The molecule has 482 valence electrons. The molecule has 0 aliphatic rings. The average Bonchev–Trinajstić information content (AvgIpc) is 3.49. The lowest BCUT2D eigenvalue weighted by Gasteiger charge is -2.18. The van der Waals surface area contributed by atoms with Gasteiger partial charge in [0.25, 0.3) is 0 Å². The summed E-state index contributed by atoms with van der Waals surface area (Å²) in [7, 11) is 0. The van der Waals surface area contributed by atoms with Crippen molar-refractivity contribution < 1.29 is 28.6 Å². The molecule has 0 amide bonds. The lowest BCUT2D eigenvalue weighted by Crippen LogP contribution is -2.30. The normalized spacial score (nSPS) is 12.5. The van der Waals surface area contributed by atoms with Crippen LogP contribution in [0.4, 0.5) is 0 Å². The van der Waals surface area contributed by atoms with Crippen molar-refractivity contribution in [2.75, 3.05) is 13.2 Å². The highest BCUT2D eigenvalue weighted by molar-refractivity contribution is 5.71. The smallest absolute Gasteiger partial charge is 0.306 e. The quantitative estimate of drug-likeness (QED) is 0.0261. The van der Waals surface area contributed by atoms with E-state index < -0.39 is 6.10 Å². The molecule has 6 nitrogen and oxygen atoms in total. The highest BCUT2D eigenvalue weighted by Gasteiger charge is 2.19. The van der Waals surface area contributed by atoms with Crippen LogP contribution in [-0.2, 0) is 28.6 Å². The summed E-state index contributed by atoms with van der Waals surface area (Å²) in [5, 5.41) is 0. The molecule has 0 spiro atoms. The van der Waals surface area contributed by atoms with Gasteiger partial charge in [0.05, 0.1) is 0 Å². The number of hydrogen-bond acceptors (Lipinski definition) is 6. The van der Waals surface area contributed by atoms with Crippen molar-refractivity contribution in [1.29, 1.82) is 0 Å². The Morgan fingerprint density at radius 3 is 0.747 bits per heavy atom. The topological polar surface area (TPSA) is 78.9 Å². The summed E-state index contributed by atoms with van der Waals surface area (Å²) in [6.07, 6.45) is 93.6. The van der Waals surface area contributed by atoms with E-state index in [4.69, 9.17) is 14.2 Å². The molecule has 83 heavy (non-hydrogen) atoms. The fraction of sp³-hybridized carbons (Fsp3) is 0.805. The number of ether oxygens (including phenoxy) is 3. The van der Waals surface area contributed by atoms with E-state index in [1.54, 1.807) is 0 Å². The molecule has 0 radical (unpaired) electrons. The molecule has 0 rings (SSSR count). The van der Waals surface area contributed by atoms with Crippen LogP contribution in [0.25, 0.3) is 0 Å². The molecule has 0 aromatic rings. The van der Waals surface area contributed by atoms with Gasteiger partial charge in [0.1, 0.15) is 13.2 Å². The molecule has 0 aromatic heterocycles. The van der Waals surface area contributed by atoms with Gasteiger partial charge in [0, 0.05) is 19.3 Å². The van der Waals surface area contributed by atoms with Crippen molar-refractivity contribution >= 4 is 17.9 Å². The fourth-order valence-electron chi connectivity index (χ4n) is 10.8. The van der Waals surface area contributed by atoms with Gasteiger partial charge < -0.3 is 14.2 Å². The van der Waals surface area contributed by atoms with E-state index in [2.05, 4.69) is 93.7 Å². The maximum absolute atomic E-state index is 13.0. The molecule has 0 saturated heterocycles. The van der Waals surface area contributed by atoms with E-state index in [0.29, 0.717) is 19.3 Å². The van der Waals surface area contributed by atoms with Crippen molar-refractivity contribution in [2.45, 2.75) is 386 Å². The molecule has 0 bridgehead atoms. The van der Waals surface area contributed by atoms with Crippen LogP contribution < -0.4 is 0 Å². The molecule has 1 unspecified atom stereocenters. The molecule has 6 heteroatoms. The van der Waals surface area contributed by atoms with E-state index in [9.17, 15) is 14.4 Å². The standard InChI is InChI=1S/C77H138O6/c1-4-7-10-13-16-19-22-25-28-31-34-37-38-41-43-46-49-52-55-58-61-64-67-70-76(79)82-73-74(83-77(80)71-68-65-62-59-56-53-50-47-44-40-36-33-30-27-24-21-18-15-12-9-6-3)72-81-75(78)69-66-63-60-57-54-51-48-45-42-39-35-32-29-26-23-20-17-14-11-8-5-2/h9,12,18,21,27,30,32,35-36,40,47,50,74H,4-8,10-11,13-17,19-20,22-26,28-29,31,33-34,37-39,41-46,48-49,51-73H2,1-3H3/b12-9-,21-18-,30-27-,35-32-,40-36-,50-47-. The van der Waals surface area contributed by atoms with Crippen LogP contribution in [0.3, 0.4) is 0 Å². The van der Waals surface area contributed by atoms with Crippen molar-refractivity contribution in [1.82, 2.24) is 0 Å². The van der Waals surface area contributed by atoms with Gasteiger partial charge in [-0.3, -0.25) is 14.4 Å². The zero-order valence-electron chi connectivity index (χ0n) is 55.5. The highest BCUT2D eigenvalue weighted by Crippen LogP contribution is 2.18. The van der Waals surface area contributed by atoms with Crippen LogP contribution in [0, 0.1) is 0 Å². The molecule has 0 aliphatic heterocycles. The SMILES string of the molecule is CC/C=C\C/C=C\C/C=C\C/C=C\C/C=C\CCCCCCCC(=O)OC(COC(=O)CCCCCCCCCCC/C=C\CCCCCCCCCC)COC(=O)CCCCCCCCCCCCCCCCCCCCCCCCC. The van der Waals surface area contributed by atoms with Gasteiger partial charge in [-0.25, -0.2) is 0 Å². The Balaban J connectivity index is 4.37. The van der Waals surface area contributed by atoms with E-state index >= 15 is 0 Å². The number of esters is 3. The zero-order chi connectivity index (χ0) is 59.9. The van der Waals surface area contributed by atoms with E-state index in [0.717, 1.165) is 109 Å². The Bertz CT molecular complexity index is 1520. The number of allylic oxidation sites excluding steroid dienone is 12. The average molecular weight is 1160 g/mol. The third-order valence-corrected chi connectivity index (χ3v) is 16.2. The Hall–Kier alpha value is -3.15. The van der Waals surface area contributed by atoms with Crippen LogP contribution in [0.1, 0.15) is 380 Å². The Morgan fingerprint density at radius 2 is 0.470 bits per heavy atom. The minimum Gasteiger partial charge on any atom is -0.462 e. The number of rotatable bonds is 67. The largest absolute Gasteiger partial charge is 0.462 e. The van der Waals surface area contributed by atoms with Crippen molar-refractivity contribution in [2.24, 2.45) is 0 Å². The van der Waals surface area contributed by atoms with E-state index in [1.807, 2.05) is 0 Å². The van der Waals surface area contributed by atoms with Gasteiger partial charge in [-0.1, -0.05) is 344 Å². The fourth-order valence-corrected chi connectivity index (χ4v) is 10.8. The lowest BCUT2D eigenvalue weighted by atomic mass is 10.0. The number of hydrogen-bond donors (Lipinski definition) is 0. The van der Waals surface area contributed by atoms with Gasteiger partial charge in [-0.05, 0) is 89.9 Å². The second kappa shape index (κ2) is 71.3. The first-order valence-corrected chi connectivity index (χ1v) is 36.4. The van der Waals surface area contributed by atoms with Gasteiger partial charge in [0.15, 0.2) is 6.10 Å². The Labute approximate surface area is 516 Å². The summed E-state index contributed by atoms with van der Waals surface area (Å²) in [6, 6.07) is 0. The van der Waals surface area contributed by atoms with Crippen molar-refractivity contribution in [3.8, 4) is 0 Å². The summed E-state index contributed by atoms with van der Waals surface area (Å²) in [5.41, 5.74) is 0. The molecule has 0 heterocycles. The minimum atomic E-state index is -0.788. The molecular formula is C77H138O6. The van der Waals surface area contributed by atoms with Gasteiger partial charge in [-0.2, -0.15) is 0 Å². The molecule has 0 aliphatic carbocycles. The molecular weight excluding hydrogens is 1020 g/mol. The Kier molecular flexibility index (Phi) is 68.6. The minimum absolute atomic E-state index is 0.0803.